The number of aliphatic hydroxyl groups excluding tert-OH is 1. The molecule has 1 heterocycles. The number of benzene rings is 3. The summed E-state index contributed by atoms with van der Waals surface area (Å²) in [6.45, 7) is 3.89. The maximum absolute atomic E-state index is 13.4. The minimum Gasteiger partial charge on any atom is -0.507 e. The summed E-state index contributed by atoms with van der Waals surface area (Å²) in [5.41, 5.74) is 3.41. The molecule has 0 saturated carbocycles. The summed E-state index contributed by atoms with van der Waals surface area (Å²) >= 11 is 0. The van der Waals surface area contributed by atoms with Crippen LogP contribution in [-0.2, 0) is 9.59 Å². The number of ketones is 1. The molecule has 32 heavy (non-hydrogen) atoms. The molecule has 1 saturated heterocycles. The molecule has 1 N–H and O–H groups in total. The zero-order chi connectivity index (χ0) is 23.0. The van der Waals surface area contributed by atoms with Gasteiger partial charge in [0.2, 0.25) is 0 Å². The number of hydrogen-bond acceptors (Lipinski definition) is 4. The third kappa shape index (κ3) is 3.64. The molecule has 4 rings (SSSR count). The van der Waals surface area contributed by atoms with Crippen LogP contribution >= 0.6 is 0 Å². The number of carbonyl (C=O) groups is 2. The van der Waals surface area contributed by atoms with Crippen LogP contribution in [0.1, 0.15) is 28.3 Å². The Hall–Kier alpha value is -3.93. The van der Waals surface area contributed by atoms with Gasteiger partial charge in [-0.05, 0) is 79.1 Å². The van der Waals surface area contributed by atoms with Crippen molar-refractivity contribution in [2.45, 2.75) is 19.9 Å². The maximum Gasteiger partial charge on any atom is 0.300 e. The molecule has 1 aliphatic rings. The quantitative estimate of drug-likeness (QED) is 0.356. The SMILES string of the molecule is COc1ccc(C2/C(=C(\O)c3ccc(F)cc3)C(=O)C(=O)N2c2ccc(C)c(C)c2)cc1. The van der Waals surface area contributed by atoms with Gasteiger partial charge in [0.15, 0.2) is 0 Å². The molecule has 0 aromatic heterocycles. The third-order valence-corrected chi connectivity index (χ3v) is 5.76. The van der Waals surface area contributed by atoms with E-state index in [-0.39, 0.29) is 16.9 Å². The Morgan fingerprint density at radius 1 is 0.938 bits per heavy atom. The monoisotopic (exact) mass is 431 g/mol. The number of ether oxygens (including phenoxy) is 1. The lowest BCUT2D eigenvalue weighted by atomic mass is 9.95. The number of Topliss-reactive ketones (excluding diaryl/α,β-unsaturated/α-hetero) is 1. The Labute approximate surface area is 185 Å². The molecule has 1 unspecified atom stereocenters. The number of aliphatic hydroxyl groups is 1. The van der Waals surface area contributed by atoms with E-state index >= 15 is 0 Å². The van der Waals surface area contributed by atoms with Crippen LogP contribution in [-0.4, -0.2) is 23.9 Å². The predicted molar refractivity (Wildman–Crippen MR) is 120 cm³/mol. The summed E-state index contributed by atoms with van der Waals surface area (Å²) in [5.74, 6) is -1.74. The molecule has 0 aliphatic carbocycles. The highest BCUT2D eigenvalue weighted by Gasteiger charge is 2.47. The fourth-order valence-corrected chi connectivity index (χ4v) is 3.84. The second kappa shape index (κ2) is 8.30. The van der Waals surface area contributed by atoms with Crippen molar-refractivity contribution in [3.63, 3.8) is 0 Å². The highest BCUT2D eigenvalue weighted by atomic mass is 19.1. The number of aryl methyl sites for hydroxylation is 2. The Morgan fingerprint density at radius 3 is 2.19 bits per heavy atom. The first kappa shape index (κ1) is 21.3. The van der Waals surface area contributed by atoms with Gasteiger partial charge in [-0.1, -0.05) is 18.2 Å². The highest BCUT2D eigenvalue weighted by Crippen LogP contribution is 2.42. The molecule has 6 heteroatoms. The van der Waals surface area contributed by atoms with Crippen LogP contribution in [0.2, 0.25) is 0 Å². The Kier molecular flexibility index (Phi) is 5.53. The Bertz CT molecular complexity index is 1230. The Morgan fingerprint density at radius 2 is 1.59 bits per heavy atom. The lowest BCUT2D eigenvalue weighted by molar-refractivity contribution is -0.132. The van der Waals surface area contributed by atoms with Crippen molar-refractivity contribution >= 4 is 23.1 Å². The number of halogens is 1. The second-order valence-corrected chi connectivity index (χ2v) is 7.72. The fourth-order valence-electron chi connectivity index (χ4n) is 3.84. The van der Waals surface area contributed by atoms with Gasteiger partial charge in [0, 0.05) is 11.3 Å². The van der Waals surface area contributed by atoms with Gasteiger partial charge in [-0.3, -0.25) is 14.5 Å². The van der Waals surface area contributed by atoms with E-state index in [2.05, 4.69) is 0 Å². The molecule has 1 aliphatic heterocycles. The molecule has 3 aromatic carbocycles. The first-order chi connectivity index (χ1) is 15.3. The third-order valence-electron chi connectivity index (χ3n) is 5.76. The first-order valence-corrected chi connectivity index (χ1v) is 10.1. The number of nitrogens with zero attached hydrogens (tertiary/aromatic N) is 1. The maximum atomic E-state index is 13.4. The molecular weight excluding hydrogens is 409 g/mol. The average Bonchev–Trinajstić information content (AvgIpc) is 3.06. The van der Waals surface area contributed by atoms with Gasteiger partial charge < -0.3 is 9.84 Å². The molecular formula is C26H22FNO4. The summed E-state index contributed by atoms with van der Waals surface area (Å²) < 4.78 is 18.6. The molecule has 3 aromatic rings. The molecule has 1 atom stereocenters. The standard InChI is InChI=1S/C26H22FNO4/c1-15-4-11-20(14-16(15)2)28-23(17-7-12-21(32-3)13-8-17)22(25(30)26(28)31)24(29)18-5-9-19(27)10-6-18/h4-14,23,29H,1-3H3/b24-22+. The molecule has 0 spiro atoms. The van der Waals surface area contributed by atoms with Crippen molar-refractivity contribution in [3.05, 3.63) is 100 Å². The summed E-state index contributed by atoms with van der Waals surface area (Å²) in [7, 11) is 1.55. The highest BCUT2D eigenvalue weighted by molar-refractivity contribution is 6.51. The summed E-state index contributed by atoms with van der Waals surface area (Å²) in [6, 6.07) is 16.7. The van der Waals surface area contributed by atoms with Crippen molar-refractivity contribution in [1.29, 1.82) is 0 Å². The lowest BCUT2D eigenvalue weighted by Crippen LogP contribution is -2.29. The van der Waals surface area contributed by atoms with E-state index in [4.69, 9.17) is 4.74 Å². The summed E-state index contributed by atoms with van der Waals surface area (Å²) in [6.07, 6.45) is 0. The van der Waals surface area contributed by atoms with E-state index in [1.165, 1.54) is 29.2 Å². The van der Waals surface area contributed by atoms with Crippen LogP contribution in [0.25, 0.3) is 5.76 Å². The van der Waals surface area contributed by atoms with Crippen LogP contribution in [0.5, 0.6) is 5.75 Å². The van der Waals surface area contributed by atoms with Crippen LogP contribution in [0.4, 0.5) is 10.1 Å². The molecule has 0 radical (unpaired) electrons. The van der Waals surface area contributed by atoms with Crippen molar-refractivity contribution in [2.75, 3.05) is 12.0 Å². The number of carbonyl (C=O) groups excluding carboxylic acids is 2. The van der Waals surface area contributed by atoms with Crippen LogP contribution in [0.15, 0.2) is 72.3 Å². The lowest BCUT2D eigenvalue weighted by Gasteiger charge is -2.26. The minimum absolute atomic E-state index is 0.0509. The smallest absolute Gasteiger partial charge is 0.300 e. The second-order valence-electron chi connectivity index (χ2n) is 7.72. The molecule has 162 valence electrons. The van der Waals surface area contributed by atoms with Crippen LogP contribution < -0.4 is 9.64 Å². The van der Waals surface area contributed by atoms with Gasteiger partial charge in [-0.2, -0.15) is 0 Å². The predicted octanol–water partition coefficient (Wildman–Crippen LogP) is 5.08. The van der Waals surface area contributed by atoms with E-state index in [1.54, 1.807) is 37.4 Å². The van der Waals surface area contributed by atoms with Gasteiger partial charge in [0.1, 0.15) is 17.3 Å². The first-order valence-electron chi connectivity index (χ1n) is 10.1. The van der Waals surface area contributed by atoms with E-state index in [9.17, 15) is 19.1 Å². The van der Waals surface area contributed by atoms with Gasteiger partial charge in [0.05, 0.1) is 18.7 Å². The topological polar surface area (TPSA) is 66.8 Å². The van der Waals surface area contributed by atoms with E-state index in [0.717, 1.165) is 11.1 Å². The number of methoxy groups -OCH3 is 1. The van der Waals surface area contributed by atoms with Crippen molar-refractivity contribution in [3.8, 4) is 5.75 Å². The van der Waals surface area contributed by atoms with E-state index in [0.29, 0.717) is 17.0 Å². The summed E-state index contributed by atoms with van der Waals surface area (Å²) in [5, 5.41) is 11.0. The van der Waals surface area contributed by atoms with E-state index < -0.39 is 23.5 Å². The van der Waals surface area contributed by atoms with Crippen LogP contribution in [0.3, 0.4) is 0 Å². The Balaban J connectivity index is 1.94. The van der Waals surface area contributed by atoms with Gasteiger partial charge in [0.25, 0.3) is 11.7 Å². The van der Waals surface area contributed by atoms with Gasteiger partial charge >= 0.3 is 0 Å². The number of rotatable bonds is 4. The van der Waals surface area contributed by atoms with E-state index in [1.807, 2.05) is 26.0 Å². The molecule has 1 amide bonds. The number of anilines is 1. The molecule has 1 fully saturated rings. The molecule has 0 bridgehead atoms. The van der Waals surface area contributed by atoms with Crippen molar-refractivity contribution in [1.82, 2.24) is 0 Å². The number of amides is 1. The van der Waals surface area contributed by atoms with Crippen LogP contribution in [0, 0.1) is 19.7 Å². The minimum atomic E-state index is -0.854. The van der Waals surface area contributed by atoms with Crippen molar-refractivity contribution < 1.29 is 23.8 Å². The molecule has 5 nitrogen and oxygen atoms in total. The zero-order valence-electron chi connectivity index (χ0n) is 17.9. The largest absolute Gasteiger partial charge is 0.507 e. The van der Waals surface area contributed by atoms with Crippen molar-refractivity contribution in [2.24, 2.45) is 0 Å². The average molecular weight is 431 g/mol. The summed E-state index contributed by atoms with van der Waals surface area (Å²) in [4.78, 5) is 27.7. The van der Waals surface area contributed by atoms with Gasteiger partial charge in [-0.15, -0.1) is 0 Å². The fraction of sp³-hybridized carbons (Fsp3) is 0.154. The normalized spacial score (nSPS) is 17.6. The van der Waals surface area contributed by atoms with Gasteiger partial charge in [-0.25, -0.2) is 4.39 Å². The number of hydrogen-bond donors (Lipinski definition) is 1. The zero-order valence-corrected chi connectivity index (χ0v) is 17.9.